The lowest BCUT2D eigenvalue weighted by Gasteiger charge is -2.20. The van der Waals surface area contributed by atoms with E-state index in [9.17, 15) is 0 Å². The topological polar surface area (TPSA) is 30.5 Å². The van der Waals surface area contributed by atoms with Gasteiger partial charge in [-0.3, -0.25) is 0 Å². The van der Waals surface area contributed by atoms with E-state index in [1.54, 1.807) is 0 Å². The van der Waals surface area contributed by atoms with Crippen LogP contribution in [-0.2, 0) is 6.54 Å². The number of ether oxygens (including phenoxy) is 2. The van der Waals surface area contributed by atoms with E-state index in [1.165, 1.54) is 12.8 Å². The lowest BCUT2D eigenvalue weighted by molar-refractivity contribution is 0.171. The number of nitrogens with one attached hydrogen (secondary N) is 1. The van der Waals surface area contributed by atoms with E-state index < -0.39 is 0 Å². The van der Waals surface area contributed by atoms with Crippen molar-refractivity contribution in [3.63, 3.8) is 0 Å². The second-order valence-corrected chi connectivity index (χ2v) is 5.95. The van der Waals surface area contributed by atoms with Crippen molar-refractivity contribution >= 4 is 11.6 Å². The lowest BCUT2D eigenvalue weighted by Crippen LogP contribution is -2.22. The van der Waals surface area contributed by atoms with Gasteiger partial charge in [0, 0.05) is 6.54 Å². The van der Waals surface area contributed by atoms with Crippen LogP contribution in [0.25, 0.3) is 0 Å². The highest BCUT2D eigenvalue weighted by molar-refractivity contribution is 6.32. The summed E-state index contributed by atoms with van der Waals surface area (Å²) >= 11 is 6.22. The molecule has 2 aliphatic rings. The van der Waals surface area contributed by atoms with Crippen molar-refractivity contribution in [2.75, 3.05) is 19.8 Å². The van der Waals surface area contributed by atoms with Crippen LogP contribution in [0.1, 0.15) is 25.3 Å². The molecule has 0 bridgehead atoms. The SMILES string of the molecule is CC(CNCc1cc(Cl)c2c(c1)OCCO2)C1CC1. The van der Waals surface area contributed by atoms with Crippen molar-refractivity contribution in [1.29, 1.82) is 0 Å². The van der Waals surface area contributed by atoms with Crippen molar-refractivity contribution in [3.05, 3.63) is 22.7 Å². The number of benzene rings is 1. The largest absolute Gasteiger partial charge is 0.486 e. The van der Waals surface area contributed by atoms with Gasteiger partial charge in [-0.15, -0.1) is 0 Å². The van der Waals surface area contributed by atoms with Crippen LogP contribution >= 0.6 is 11.6 Å². The number of hydrogen-bond donors (Lipinski definition) is 1. The molecule has 1 saturated carbocycles. The third kappa shape index (κ3) is 3.15. The molecule has 0 saturated heterocycles. The molecule has 3 rings (SSSR count). The van der Waals surface area contributed by atoms with Crippen molar-refractivity contribution in [2.24, 2.45) is 11.8 Å². The lowest BCUT2D eigenvalue weighted by atomic mass is 10.1. The summed E-state index contributed by atoms with van der Waals surface area (Å²) < 4.78 is 11.1. The minimum Gasteiger partial charge on any atom is -0.486 e. The number of rotatable bonds is 5. The summed E-state index contributed by atoms with van der Waals surface area (Å²) in [5.41, 5.74) is 1.15. The summed E-state index contributed by atoms with van der Waals surface area (Å²) in [6.07, 6.45) is 2.80. The molecule has 1 heterocycles. The van der Waals surface area contributed by atoms with E-state index >= 15 is 0 Å². The second kappa shape index (κ2) is 5.59. The molecule has 1 aliphatic carbocycles. The smallest absolute Gasteiger partial charge is 0.179 e. The molecular formula is C15H20ClNO2. The Kier molecular flexibility index (Phi) is 3.85. The molecule has 1 aromatic carbocycles. The highest BCUT2D eigenvalue weighted by Crippen LogP contribution is 2.38. The van der Waals surface area contributed by atoms with Crippen molar-refractivity contribution < 1.29 is 9.47 Å². The van der Waals surface area contributed by atoms with E-state index in [4.69, 9.17) is 21.1 Å². The van der Waals surface area contributed by atoms with Crippen LogP contribution in [-0.4, -0.2) is 19.8 Å². The van der Waals surface area contributed by atoms with E-state index in [0.717, 1.165) is 36.2 Å². The van der Waals surface area contributed by atoms with Gasteiger partial charge in [-0.2, -0.15) is 0 Å². The Bertz CT molecular complexity index is 460. The Labute approximate surface area is 119 Å². The maximum Gasteiger partial charge on any atom is 0.179 e. The standard InChI is InChI=1S/C15H20ClNO2/c1-10(12-2-3-12)8-17-9-11-6-13(16)15-14(7-11)18-4-5-19-15/h6-7,10,12,17H,2-5,8-9H2,1H3. The first-order chi connectivity index (χ1) is 9.24. The van der Waals surface area contributed by atoms with Crippen LogP contribution in [0, 0.1) is 11.8 Å². The first-order valence-corrected chi connectivity index (χ1v) is 7.40. The summed E-state index contributed by atoms with van der Waals surface area (Å²) in [4.78, 5) is 0. The third-order valence-electron chi connectivity index (χ3n) is 3.88. The zero-order valence-electron chi connectivity index (χ0n) is 11.2. The van der Waals surface area contributed by atoms with Crippen molar-refractivity contribution in [1.82, 2.24) is 5.32 Å². The third-order valence-corrected chi connectivity index (χ3v) is 4.16. The highest BCUT2D eigenvalue weighted by atomic mass is 35.5. The van der Waals surface area contributed by atoms with Gasteiger partial charge >= 0.3 is 0 Å². The molecule has 104 valence electrons. The van der Waals surface area contributed by atoms with E-state index in [2.05, 4.69) is 12.2 Å². The van der Waals surface area contributed by atoms with Crippen LogP contribution < -0.4 is 14.8 Å². The van der Waals surface area contributed by atoms with Gasteiger partial charge in [0.1, 0.15) is 13.2 Å². The molecule has 0 spiro atoms. The molecule has 1 aliphatic heterocycles. The first kappa shape index (κ1) is 13.1. The molecule has 1 aromatic rings. The minimum atomic E-state index is 0.573. The average Bonchev–Trinajstić information content (AvgIpc) is 3.23. The van der Waals surface area contributed by atoms with Gasteiger partial charge in [0.2, 0.25) is 0 Å². The molecule has 3 nitrogen and oxygen atoms in total. The second-order valence-electron chi connectivity index (χ2n) is 5.55. The summed E-state index contributed by atoms with van der Waals surface area (Å²) in [5.74, 6) is 3.16. The van der Waals surface area contributed by atoms with E-state index in [1.807, 2.05) is 12.1 Å². The number of fused-ring (bicyclic) bond motifs is 1. The molecule has 19 heavy (non-hydrogen) atoms. The molecule has 0 aromatic heterocycles. The van der Waals surface area contributed by atoms with Crippen LogP contribution in [0.3, 0.4) is 0 Å². The van der Waals surface area contributed by atoms with Gasteiger partial charge < -0.3 is 14.8 Å². The number of hydrogen-bond acceptors (Lipinski definition) is 3. The fraction of sp³-hybridized carbons (Fsp3) is 0.600. The summed E-state index contributed by atoms with van der Waals surface area (Å²) in [6.45, 7) is 5.38. The quantitative estimate of drug-likeness (QED) is 0.899. The highest BCUT2D eigenvalue weighted by Gasteiger charge is 2.27. The Morgan fingerprint density at radius 3 is 2.89 bits per heavy atom. The Morgan fingerprint density at radius 2 is 2.11 bits per heavy atom. The van der Waals surface area contributed by atoms with Gasteiger partial charge in [-0.05, 0) is 48.9 Å². The molecule has 1 atom stereocenters. The van der Waals surface area contributed by atoms with Crippen LogP contribution in [0.2, 0.25) is 5.02 Å². The zero-order chi connectivity index (χ0) is 13.2. The van der Waals surface area contributed by atoms with Crippen LogP contribution in [0.5, 0.6) is 11.5 Å². The van der Waals surface area contributed by atoms with Crippen molar-refractivity contribution in [3.8, 4) is 11.5 Å². The Hall–Kier alpha value is -0.930. The van der Waals surface area contributed by atoms with Gasteiger partial charge in [0.15, 0.2) is 11.5 Å². The maximum atomic E-state index is 6.22. The number of halogens is 1. The minimum absolute atomic E-state index is 0.573. The van der Waals surface area contributed by atoms with Gasteiger partial charge in [-0.25, -0.2) is 0 Å². The predicted molar refractivity (Wildman–Crippen MR) is 76.0 cm³/mol. The van der Waals surface area contributed by atoms with Crippen LogP contribution in [0.4, 0.5) is 0 Å². The molecule has 1 unspecified atom stereocenters. The molecule has 0 amide bonds. The molecule has 1 fully saturated rings. The molecule has 1 N–H and O–H groups in total. The van der Waals surface area contributed by atoms with E-state index in [-0.39, 0.29) is 0 Å². The summed E-state index contributed by atoms with van der Waals surface area (Å²) in [5, 5.41) is 4.14. The van der Waals surface area contributed by atoms with Gasteiger partial charge in [0.05, 0.1) is 5.02 Å². The fourth-order valence-corrected chi connectivity index (χ4v) is 2.83. The monoisotopic (exact) mass is 281 g/mol. The molecular weight excluding hydrogens is 262 g/mol. The van der Waals surface area contributed by atoms with Gasteiger partial charge in [0.25, 0.3) is 0 Å². The summed E-state index contributed by atoms with van der Waals surface area (Å²) in [7, 11) is 0. The van der Waals surface area contributed by atoms with E-state index in [0.29, 0.717) is 24.0 Å². The Morgan fingerprint density at radius 1 is 1.32 bits per heavy atom. The first-order valence-electron chi connectivity index (χ1n) is 7.03. The van der Waals surface area contributed by atoms with Gasteiger partial charge in [-0.1, -0.05) is 18.5 Å². The normalized spacial score (nSPS) is 19.3. The predicted octanol–water partition coefficient (Wildman–Crippen LogP) is 3.25. The van der Waals surface area contributed by atoms with Crippen LogP contribution in [0.15, 0.2) is 12.1 Å². The molecule has 4 heteroatoms. The Balaban J connectivity index is 1.59. The maximum absolute atomic E-state index is 6.22. The summed E-state index contributed by atoms with van der Waals surface area (Å²) in [6, 6.07) is 3.99. The molecule has 0 radical (unpaired) electrons. The fourth-order valence-electron chi connectivity index (χ4n) is 2.54. The average molecular weight is 282 g/mol. The van der Waals surface area contributed by atoms with Crippen molar-refractivity contribution in [2.45, 2.75) is 26.3 Å². The zero-order valence-corrected chi connectivity index (χ0v) is 12.0.